The lowest BCUT2D eigenvalue weighted by Crippen LogP contribution is -2.54. The molecule has 6 nitrogen and oxygen atoms in total. The summed E-state index contributed by atoms with van der Waals surface area (Å²) >= 11 is 0. The van der Waals surface area contributed by atoms with Crippen LogP contribution in [-0.4, -0.2) is 36.9 Å². The van der Waals surface area contributed by atoms with Crippen molar-refractivity contribution in [3.05, 3.63) is 78.0 Å². The highest BCUT2D eigenvalue weighted by Crippen LogP contribution is 2.51. The van der Waals surface area contributed by atoms with E-state index in [9.17, 15) is 14.7 Å². The van der Waals surface area contributed by atoms with Gasteiger partial charge in [0.1, 0.15) is 0 Å². The van der Waals surface area contributed by atoms with Crippen molar-refractivity contribution in [2.24, 2.45) is 5.41 Å². The number of hydrogen-bond donors (Lipinski definition) is 1. The van der Waals surface area contributed by atoms with Gasteiger partial charge in [-0.25, -0.2) is 0 Å². The van der Waals surface area contributed by atoms with E-state index in [4.69, 9.17) is 9.47 Å². The molecule has 0 spiro atoms. The van der Waals surface area contributed by atoms with Crippen molar-refractivity contribution in [2.45, 2.75) is 39.2 Å². The van der Waals surface area contributed by atoms with Gasteiger partial charge in [-0.3, -0.25) is 9.59 Å². The first-order valence-corrected chi connectivity index (χ1v) is 11.1. The first kappa shape index (κ1) is 23.5. The van der Waals surface area contributed by atoms with Crippen molar-refractivity contribution < 1.29 is 24.2 Å². The van der Waals surface area contributed by atoms with Crippen molar-refractivity contribution in [3.63, 3.8) is 0 Å². The lowest BCUT2D eigenvalue weighted by Gasteiger charge is -2.46. The van der Waals surface area contributed by atoms with E-state index in [1.54, 1.807) is 13.8 Å². The van der Waals surface area contributed by atoms with Crippen LogP contribution in [0.2, 0.25) is 0 Å². The molecule has 1 N–H and O–H groups in total. The maximum Gasteiger partial charge on any atom is 0.326 e. The van der Waals surface area contributed by atoms with Crippen LogP contribution in [0.4, 0.5) is 5.69 Å². The van der Waals surface area contributed by atoms with Gasteiger partial charge in [-0.2, -0.15) is 0 Å². The topological polar surface area (TPSA) is 76.1 Å². The molecule has 6 heteroatoms. The van der Waals surface area contributed by atoms with E-state index in [0.717, 1.165) is 16.8 Å². The molecule has 1 aliphatic rings. The molecule has 0 fully saturated rings. The average molecular weight is 438 g/mol. The van der Waals surface area contributed by atoms with Crippen LogP contribution < -0.4 is 4.90 Å². The molecule has 0 saturated heterocycles. The van der Waals surface area contributed by atoms with Crippen molar-refractivity contribution in [3.8, 4) is 0 Å². The smallest absolute Gasteiger partial charge is 0.326 e. The molecular weight excluding hydrogens is 406 g/mol. The van der Waals surface area contributed by atoms with Gasteiger partial charge in [-0.15, -0.1) is 0 Å². The van der Waals surface area contributed by atoms with Crippen LogP contribution in [-0.2, 0) is 19.1 Å². The summed E-state index contributed by atoms with van der Waals surface area (Å²) in [7, 11) is 0. The van der Waals surface area contributed by atoms with E-state index in [2.05, 4.69) is 0 Å². The minimum atomic E-state index is -1.58. The van der Waals surface area contributed by atoms with Crippen LogP contribution in [0.1, 0.15) is 44.7 Å². The summed E-state index contributed by atoms with van der Waals surface area (Å²) < 4.78 is 11.0. The fourth-order valence-electron chi connectivity index (χ4n) is 4.34. The summed E-state index contributed by atoms with van der Waals surface area (Å²) in [5.41, 5.74) is 0.967. The van der Waals surface area contributed by atoms with E-state index in [-0.39, 0.29) is 26.2 Å². The van der Waals surface area contributed by atoms with Crippen LogP contribution in [0.5, 0.6) is 0 Å². The first-order chi connectivity index (χ1) is 15.6. The van der Waals surface area contributed by atoms with Crippen LogP contribution in [0.3, 0.4) is 0 Å². The molecule has 170 valence electrons. The standard InChI is InChI=1S/C26H31NO5/c1-3-31-24(29)26(25(30)32-4-2)18-20(12-11-17-28)19-27(22-15-9-6-10-16-22)23(26)21-13-7-5-8-14-21/h5-10,13-16,19,23,28H,3-4,11-12,17-18H2,1-2H3. The predicted molar refractivity (Wildman–Crippen MR) is 123 cm³/mol. The summed E-state index contributed by atoms with van der Waals surface area (Å²) in [5, 5.41) is 9.40. The van der Waals surface area contributed by atoms with Gasteiger partial charge in [0.2, 0.25) is 0 Å². The Hall–Kier alpha value is -3.12. The molecule has 0 radical (unpaired) electrons. The van der Waals surface area contributed by atoms with Gasteiger partial charge in [-0.1, -0.05) is 54.1 Å². The normalized spacial score (nSPS) is 17.4. The second-order valence-corrected chi connectivity index (χ2v) is 7.76. The van der Waals surface area contributed by atoms with Crippen LogP contribution in [0, 0.1) is 5.41 Å². The van der Waals surface area contributed by atoms with Gasteiger partial charge in [0.15, 0.2) is 5.41 Å². The Balaban J connectivity index is 2.28. The summed E-state index contributed by atoms with van der Waals surface area (Å²) in [6.07, 6.45) is 3.26. The first-order valence-electron chi connectivity index (χ1n) is 11.1. The molecular formula is C26H31NO5. The van der Waals surface area contributed by atoms with Crippen LogP contribution in [0.25, 0.3) is 0 Å². The zero-order valence-corrected chi connectivity index (χ0v) is 18.7. The van der Waals surface area contributed by atoms with Crippen LogP contribution in [0.15, 0.2) is 72.4 Å². The molecule has 1 atom stereocenters. The lowest BCUT2D eigenvalue weighted by molar-refractivity contribution is -0.174. The second kappa shape index (κ2) is 11.0. The minimum absolute atomic E-state index is 0.0244. The maximum absolute atomic E-state index is 13.6. The number of anilines is 1. The Kier molecular flexibility index (Phi) is 8.06. The highest BCUT2D eigenvalue weighted by atomic mass is 16.6. The van der Waals surface area contributed by atoms with Gasteiger partial charge >= 0.3 is 11.9 Å². The molecule has 0 aromatic heterocycles. The Morgan fingerprint density at radius 3 is 2.06 bits per heavy atom. The monoisotopic (exact) mass is 437 g/mol. The third-order valence-electron chi connectivity index (χ3n) is 5.68. The molecule has 3 rings (SSSR count). The Morgan fingerprint density at radius 2 is 1.53 bits per heavy atom. The third-order valence-corrected chi connectivity index (χ3v) is 5.68. The Labute approximate surface area is 189 Å². The van der Waals surface area contributed by atoms with Gasteiger partial charge in [0.05, 0.1) is 19.3 Å². The number of hydrogen-bond acceptors (Lipinski definition) is 6. The second-order valence-electron chi connectivity index (χ2n) is 7.76. The Bertz CT molecular complexity index is 908. The quantitative estimate of drug-likeness (QED) is 0.463. The molecule has 0 amide bonds. The fourth-order valence-corrected chi connectivity index (χ4v) is 4.34. The van der Waals surface area contributed by atoms with E-state index < -0.39 is 23.4 Å². The number of esters is 2. The van der Waals surface area contributed by atoms with Crippen LogP contribution >= 0.6 is 0 Å². The Morgan fingerprint density at radius 1 is 0.969 bits per heavy atom. The molecule has 32 heavy (non-hydrogen) atoms. The average Bonchev–Trinajstić information content (AvgIpc) is 2.83. The zero-order valence-electron chi connectivity index (χ0n) is 18.7. The number of rotatable bonds is 9. The largest absolute Gasteiger partial charge is 0.465 e. The highest BCUT2D eigenvalue weighted by molar-refractivity contribution is 6.02. The number of aliphatic hydroxyl groups excluding tert-OH is 1. The number of aliphatic hydroxyl groups is 1. The molecule has 0 bridgehead atoms. The highest BCUT2D eigenvalue weighted by Gasteiger charge is 2.59. The van der Waals surface area contributed by atoms with E-state index in [0.29, 0.717) is 12.8 Å². The van der Waals surface area contributed by atoms with Crippen molar-refractivity contribution >= 4 is 17.6 Å². The molecule has 0 saturated carbocycles. The number of ether oxygens (including phenoxy) is 2. The van der Waals surface area contributed by atoms with E-state index >= 15 is 0 Å². The SMILES string of the molecule is CCOC(=O)C1(C(=O)OCC)CC(CCCO)=CN(c2ccccc2)C1c1ccccc1. The fraction of sp³-hybridized carbons (Fsp3) is 0.385. The molecule has 1 unspecified atom stereocenters. The van der Waals surface area contributed by atoms with Gasteiger partial charge in [0.25, 0.3) is 0 Å². The molecule has 2 aromatic rings. The van der Waals surface area contributed by atoms with Crippen molar-refractivity contribution in [2.75, 3.05) is 24.7 Å². The number of nitrogens with zero attached hydrogens (tertiary/aromatic N) is 1. The number of allylic oxidation sites excluding steroid dienone is 1. The summed E-state index contributed by atoms with van der Waals surface area (Å²) in [4.78, 5) is 29.2. The van der Waals surface area contributed by atoms with E-state index in [1.165, 1.54) is 0 Å². The van der Waals surface area contributed by atoms with E-state index in [1.807, 2.05) is 71.8 Å². The maximum atomic E-state index is 13.6. The molecule has 2 aromatic carbocycles. The number of carbonyl (C=O) groups is 2. The van der Waals surface area contributed by atoms with Crippen molar-refractivity contribution in [1.82, 2.24) is 0 Å². The lowest BCUT2D eigenvalue weighted by atomic mass is 9.69. The van der Waals surface area contributed by atoms with Gasteiger partial charge in [-0.05, 0) is 50.8 Å². The third kappa shape index (κ3) is 4.70. The van der Waals surface area contributed by atoms with Gasteiger partial charge in [0, 0.05) is 18.5 Å². The summed E-state index contributed by atoms with van der Waals surface area (Å²) in [6, 6.07) is 18.5. The summed E-state index contributed by atoms with van der Waals surface area (Å²) in [5.74, 6) is -1.19. The predicted octanol–water partition coefficient (Wildman–Crippen LogP) is 4.41. The number of carbonyl (C=O) groups excluding carboxylic acids is 2. The minimum Gasteiger partial charge on any atom is -0.465 e. The number of benzene rings is 2. The van der Waals surface area contributed by atoms with Crippen molar-refractivity contribution in [1.29, 1.82) is 0 Å². The molecule has 1 heterocycles. The summed E-state index contributed by atoms with van der Waals surface area (Å²) in [6.45, 7) is 3.80. The number of para-hydroxylation sites is 1. The zero-order chi connectivity index (χ0) is 23.0. The van der Waals surface area contributed by atoms with Gasteiger partial charge < -0.3 is 19.5 Å². The molecule has 1 aliphatic heterocycles. The molecule has 0 aliphatic carbocycles.